The zero-order valence-electron chi connectivity index (χ0n) is 19.0. The molecule has 0 spiro atoms. The van der Waals surface area contributed by atoms with Gasteiger partial charge in [0.25, 0.3) is 0 Å². The molecule has 0 radical (unpaired) electrons. The van der Waals surface area contributed by atoms with Gasteiger partial charge in [0.1, 0.15) is 19.3 Å². The highest BCUT2D eigenvalue weighted by Crippen LogP contribution is 2.15. The van der Waals surface area contributed by atoms with Crippen LogP contribution in [0.5, 0.6) is 0 Å². The highest BCUT2D eigenvalue weighted by atomic mass is 19.4. The molecule has 2 amide bonds. The minimum atomic E-state index is -4.85. The first-order chi connectivity index (χ1) is 16.0. The fourth-order valence-corrected chi connectivity index (χ4v) is 1.69. The molecular weight excluding hydrogens is 475 g/mol. The van der Waals surface area contributed by atoms with E-state index in [1.807, 2.05) is 0 Å². The summed E-state index contributed by atoms with van der Waals surface area (Å²) in [5.74, 6) is -3.26. The Labute approximate surface area is 194 Å². The summed E-state index contributed by atoms with van der Waals surface area (Å²) in [6.07, 6.45) is -6.01. The first-order valence-electron chi connectivity index (χ1n) is 10.2. The van der Waals surface area contributed by atoms with Gasteiger partial charge >= 0.3 is 30.3 Å². The number of alkyl carbamates (subject to hydrolysis) is 2. The van der Waals surface area contributed by atoms with Crippen LogP contribution in [-0.2, 0) is 33.3 Å². The molecule has 5 N–H and O–H groups in total. The van der Waals surface area contributed by atoms with Crippen LogP contribution in [0.4, 0.5) is 22.8 Å². The molecule has 1 atom stereocenters. The lowest BCUT2D eigenvalue weighted by molar-refractivity contribution is -0.199. The Morgan fingerprint density at radius 2 is 1.44 bits per heavy atom. The number of hydrogen-bond donors (Lipinski definition) is 4. The Balaban J connectivity index is 0. The smallest absolute Gasteiger partial charge is 0.480 e. The number of nitrogens with one attached hydrogen (secondary N) is 2. The van der Waals surface area contributed by atoms with Crippen molar-refractivity contribution in [3.63, 3.8) is 0 Å². The molecular formula is C18H32F3N3O10. The van der Waals surface area contributed by atoms with Crippen LogP contribution < -0.4 is 16.4 Å². The van der Waals surface area contributed by atoms with Crippen LogP contribution in [0, 0.1) is 0 Å². The second-order valence-corrected chi connectivity index (χ2v) is 5.87. The molecule has 0 bridgehead atoms. The van der Waals surface area contributed by atoms with Gasteiger partial charge in [-0.25, -0.2) is 19.2 Å². The van der Waals surface area contributed by atoms with E-state index in [9.17, 15) is 32.3 Å². The number of aliphatic carboxylic acids is 1. The first-order valence-corrected chi connectivity index (χ1v) is 10.2. The maximum Gasteiger partial charge on any atom is 0.490 e. The molecule has 0 heterocycles. The van der Waals surface area contributed by atoms with E-state index in [4.69, 9.17) is 29.8 Å². The Morgan fingerprint density at radius 3 is 1.88 bits per heavy atom. The van der Waals surface area contributed by atoms with E-state index in [0.717, 1.165) is 0 Å². The summed E-state index contributed by atoms with van der Waals surface area (Å²) in [4.78, 5) is 43.0. The summed E-state index contributed by atoms with van der Waals surface area (Å²) in [6.45, 7) is 4.43. The fourth-order valence-electron chi connectivity index (χ4n) is 1.69. The van der Waals surface area contributed by atoms with Crippen LogP contribution in [0.25, 0.3) is 0 Å². The summed E-state index contributed by atoms with van der Waals surface area (Å²) in [5, 5.41) is 13.5. The summed E-state index contributed by atoms with van der Waals surface area (Å²) >= 11 is 0. The Kier molecular flexibility index (Phi) is 20.3. The first kappa shape index (κ1) is 33.3. The normalized spacial score (nSPS) is 11.4. The Bertz CT molecular complexity index is 594. The zero-order chi connectivity index (χ0) is 26.4. The molecule has 0 aliphatic carbocycles. The van der Waals surface area contributed by atoms with Crippen LogP contribution in [0.15, 0.2) is 0 Å². The van der Waals surface area contributed by atoms with E-state index in [-0.39, 0.29) is 52.6 Å². The highest BCUT2D eigenvalue weighted by molar-refractivity contribution is 5.79. The molecule has 13 nitrogen and oxygen atoms in total. The number of carboxylic acids is 1. The van der Waals surface area contributed by atoms with E-state index in [0.29, 0.717) is 13.2 Å². The van der Waals surface area contributed by atoms with Crippen molar-refractivity contribution in [1.29, 1.82) is 0 Å². The molecule has 16 heteroatoms. The number of hydrogen-bond acceptors (Lipinski definition) is 10. The van der Waals surface area contributed by atoms with Crippen LogP contribution >= 0.6 is 0 Å². The average molecular weight is 507 g/mol. The number of carbonyl (C=O) groups is 4. The van der Waals surface area contributed by atoms with Crippen molar-refractivity contribution in [3.05, 3.63) is 0 Å². The second kappa shape index (κ2) is 20.7. The number of nitrogens with two attached hydrogens (primary N) is 1. The second-order valence-electron chi connectivity index (χ2n) is 5.87. The largest absolute Gasteiger partial charge is 0.490 e. The third-order valence-electron chi connectivity index (χ3n) is 3.20. The number of rotatable bonds is 15. The Hall–Kier alpha value is -2.85. The molecule has 0 fully saturated rings. The quantitative estimate of drug-likeness (QED) is 0.137. The van der Waals surface area contributed by atoms with Gasteiger partial charge in [0.2, 0.25) is 0 Å². The maximum atomic E-state index is 11.3. The lowest BCUT2D eigenvalue weighted by Gasteiger charge is -2.12. The lowest BCUT2D eigenvalue weighted by Crippen LogP contribution is -2.40. The molecule has 0 aromatic carbocycles. The molecule has 0 aliphatic rings. The number of alkyl halides is 3. The van der Waals surface area contributed by atoms with Gasteiger partial charge in [-0.1, -0.05) is 6.92 Å². The summed E-state index contributed by atoms with van der Waals surface area (Å²) in [6, 6.07) is -0.982. The molecule has 0 saturated carbocycles. The predicted molar refractivity (Wildman–Crippen MR) is 109 cm³/mol. The molecule has 0 aromatic rings. The SMILES string of the molecule is CCC(NC(=O)OCCOCCNC(=O)OCCOCCN)C(=O)O.CCOC(=O)C(F)(F)F. The van der Waals surface area contributed by atoms with E-state index in [2.05, 4.69) is 15.4 Å². The summed E-state index contributed by atoms with van der Waals surface area (Å²) < 4.78 is 56.9. The van der Waals surface area contributed by atoms with Crippen molar-refractivity contribution in [2.45, 2.75) is 32.5 Å². The number of amides is 2. The minimum Gasteiger partial charge on any atom is -0.480 e. The van der Waals surface area contributed by atoms with Crippen molar-refractivity contribution >= 4 is 24.1 Å². The topological polar surface area (TPSA) is 185 Å². The van der Waals surface area contributed by atoms with Gasteiger partial charge in [0.05, 0.1) is 33.0 Å². The van der Waals surface area contributed by atoms with Crippen molar-refractivity contribution in [3.8, 4) is 0 Å². The molecule has 0 aliphatic heterocycles. The Morgan fingerprint density at radius 1 is 0.882 bits per heavy atom. The van der Waals surface area contributed by atoms with Crippen molar-refractivity contribution < 1.29 is 61.1 Å². The van der Waals surface area contributed by atoms with Crippen molar-refractivity contribution in [2.75, 3.05) is 59.3 Å². The lowest BCUT2D eigenvalue weighted by atomic mass is 10.2. The minimum absolute atomic E-state index is 0.0369. The molecule has 34 heavy (non-hydrogen) atoms. The number of esters is 1. The third-order valence-corrected chi connectivity index (χ3v) is 3.20. The van der Waals surface area contributed by atoms with Crippen LogP contribution in [-0.4, -0.2) is 101 Å². The van der Waals surface area contributed by atoms with Gasteiger partial charge in [0, 0.05) is 13.1 Å². The van der Waals surface area contributed by atoms with Crippen LogP contribution in [0.2, 0.25) is 0 Å². The zero-order valence-corrected chi connectivity index (χ0v) is 19.0. The van der Waals surface area contributed by atoms with E-state index in [1.165, 1.54) is 6.92 Å². The summed E-state index contributed by atoms with van der Waals surface area (Å²) in [5.41, 5.74) is 5.23. The van der Waals surface area contributed by atoms with Gasteiger partial charge < -0.3 is 45.2 Å². The van der Waals surface area contributed by atoms with E-state index in [1.54, 1.807) is 6.92 Å². The molecule has 0 aromatic heterocycles. The number of carbonyl (C=O) groups excluding carboxylic acids is 3. The maximum absolute atomic E-state index is 11.3. The number of ether oxygens (including phenoxy) is 5. The van der Waals surface area contributed by atoms with E-state index >= 15 is 0 Å². The number of halogens is 3. The predicted octanol–water partition coefficient (Wildman–Crippen LogP) is 0.406. The average Bonchev–Trinajstić information content (AvgIpc) is 2.76. The standard InChI is InChI=1S/C14H27N3O8.C4H5F3O2/c1-2-11(12(18)19)17-14(21)25-10-8-23-6-4-16-13(20)24-9-7-22-5-3-15;1-2-9-3(8)4(5,6)7/h11H,2-10,15H2,1H3,(H,16,20)(H,17,21)(H,18,19);2H2,1H3. The van der Waals surface area contributed by atoms with Gasteiger partial charge in [-0.3, -0.25) is 0 Å². The summed E-state index contributed by atoms with van der Waals surface area (Å²) in [7, 11) is 0. The van der Waals surface area contributed by atoms with Crippen LogP contribution in [0.1, 0.15) is 20.3 Å². The third kappa shape index (κ3) is 21.0. The van der Waals surface area contributed by atoms with Gasteiger partial charge in [-0.05, 0) is 13.3 Å². The van der Waals surface area contributed by atoms with Crippen molar-refractivity contribution in [2.24, 2.45) is 5.73 Å². The molecule has 0 rings (SSSR count). The van der Waals surface area contributed by atoms with Gasteiger partial charge in [0.15, 0.2) is 0 Å². The van der Waals surface area contributed by atoms with Gasteiger partial charge in [-0.2, -0.15) is 13.2 Å². The highest BCUT2D eigenvalue weighted by Gasteiger charge is 2.40. The monoisotopic (exact) mass is 507 g/mol. The molecule has 200 valence electrons. The van der Waals surface area contributed by atoms with E-state index < -0.39 is 36.3 Å². The molecule has 1 unspecified atom stereocenters. The fraction of sp³-hybridized carbons (Fsp3) is 0.778. The van der Waals surface area contributed by atoms with Crippen LogP contribution in [0.3, 0.4) is 0 Å². The van der Waals surface area contributed by atoms with Gasteiger partial charge in [-0.15, -0.1) is 0 Å². The van der Waals surface area contributed by atoms with Crippen molar-refractivity contribution in [1.82, 2.24) is 10.6 Å². The molecule has 0 saturated heterocycles. The number of carboxylic acid groups (broad SMARTS) is 1.